The van der Waals surface area contributed by atoms with E-state index in [4.69, 9.17) is 9.47 Å². The summed E-state index contributed by atoms with van der Waals surface area (Å²) in [6.45, 7) is 27.3. The molecule has 0 aliphatic carbocycles. The molecule has 2 aromatic rings. The second-order valence-electron chi connectivity index (χ2n) is 15.5. The molecule has 226 valence electrons. The number of aromatic hydroxyl groups is 2. The van der Waals surface area contributed by atoms with E-state index in [1.165, 1.54) is 0 Å². The zero-order valence-electron chi connectivity index (χ0n) is 27.5. The van der Waals surface area contributed by atoms with Gasteiger partial charge >= 0.3 is 0 Å². The lowest BCUT2D eigenvalue weighted by molar-refractivity contribution is -0.150. The highest BCUT2D eigenvalue weighted by atomic mass is 16.6. The highest BCUT2D eigenvalue weighted by molar-refractivity contribution is 5.53. The Morgan fingerprint density at radius 2 is 0.925 bits per heavy atom. The van der Waals surface area contributed by atoms with Crippen molar-refractivity contribution >= 4 is 0 Å². The van der Waals surface area contributed by atoms with Crippen LogP contribution in [-0.2, 0) is 21.7 Å². The van der Waals surface area contributed by atoms with Crippen LogP contribution >= 0.6 is 0 Å². The van der Waals surface area contributed by atoms with Gasteiger partial charge in [-0.1, -0.05) is 90.0 Å². The largest absolute Gasteiger partial charge is 0.507 e. The predicted molar refractivity (Wildman–Crippen MR) is 166 cm³/mol. The molecule has 0 fully saturated rings. The van der Waals surface area contributed by atoms with E-state index >= 15 is 0 Å². The third kappa shape index (κ3) is 8.55. The normalized spacial score (nSPS) is 14.7. The van der Waals surface area contributed by atoms with Crippen LogP contribution in [0.5, 0.6) is 23.0 Å². The van der Waals surface area contributed by atoms with E-state index in [2.05, 4.69) is 83.1 Å². The van der Waals surface area contributed by atoms with Gasteiger partial charge in [-0.25, -0.2) is 0 Å². The van der Waals surface area contributed by atoms with Crippen LogP contribution in [0.15, 0.2) is 24.3 Å². The van der Waals surface area contributed by atoms with Gasteiger partial charge in [-0.2, -0.15) is 0 Å². The number of rotatable bonds is 9. The van der Waals surface area contributed by atoms with E-state index in [1.807, 2.05) is 31.2 Å². The fraction of sp³-hybridized carbons (Fsp3) is 0.657. The van der Waals surface area contributed by atoms with Gasteiger partial charge in [-0.15, -0.1) is 0 Å². The van der Waals surface area contributed by atoms with E-state index in [1.54, 1.807) is 0 Å². The molecule has 0 bridgehead atoms. The van der Waals surface area contributed by atoms with Crippen LogP contribution in [0.25, 0.3) is 0 Å². The second kappa shape index (κ2) is 11.8. The molecule has 5 nitrogen and oxygen atoms in total. The standard InChI is InChI=1S/C35H56O5/c1-14-16-35(38,40-24-21-27(33(8,9)10)30(37)28(22-24)34(11,12)13)17-15-18-39-23-19-25(31(2,3)4)29(36)26(20-23)32(5,6)7/h19-22,36-38H,14-18H2,1-13H3. The maximum absolute atomic E-state index is 11.6. The molecule has 1 atom stereocenters. The summed E-state index contributed by atoms with van der Waals surface area (Å²) in [7, 11) is 0. The summed E-state index contributed by atoms with van der Waals surface area (Å²) < 4.78 is 12.5. The number of phenols is 2. The van der Waals surface area contributed by atoms with Crippen molar-refractivity contribution < 1.29 is 24.8 Å². The summed E-state index contributed by atoms with van der Waals surface area (Å²) >= 11 is 0. The third-order valence-electron chi connectivity index (χ3n) is 7.33. The lowest BCUT2D eigenvalue weighted by atomic mass is 9.79. The van der Waals surface area contributed by atoms with Crippen LogP contribution in [-0.4, -0.2) is 27.7 Å². The number of hydrogen-bond acceptors (Lipinski definition) is 5. The molecule has 3 N–H and O–H groups in total. The molecule has 40 heavy (non-hydrogen) atoms. The first-order valence-corrected chi connectivity index (χ1v) is 14.8. The van der Waals surface area contributed by atoms with E-state index in [0.717, 1.165) is 34.4 Å². The van der Waals surface area contributed by atoms with Gasteiger partial charge in [0.1, 0.15) is 23.0 Å². The highest BCUT2D eigenvalue weighted by Gasteiger charge is 2.32. The van der Waals surface area contributed by atoms with Crippen LogP contribution < -0.4 is 9.47 Å². The Hall–Kier alpha value is -2.40. The van der Waals surface area contributed by atoms with Crippen LogP contribution in [0.2, 0.25) is 0 Å². The van der Waals surface area contributed by atoms with Gasteiger partial charge in [-0.05, 0) is 58.8 Å². The van der Waals surface area contributed by atoms with Gasteiger partial charge in [0.05, 0.1) is 6.61 Å². The highest BCUT2D eigenvalue weighted by Crippen LogP contribution is 2.44. The number of hydrogen-bond donors (Lipinski definition) is 3. The Balaban J connectivity index is 2.29. The van der Waals surface area contributed by atoms with Crippen molar-refractivity contribution in [2.24, 2.45) is 0 Å². The molecule has 0 amide bonds. The molecule has 0 aromatic heterocycles. The maximum atomic E-state index is 11.6. The van der Waals surface area contributed by atoms with Crippen LogP contribution in [0, 0.1) is 0 Å². The topological polar surface area (TPSA) is 79.2 Å². The molecule has 0 aliphatic rings. The Labute approximate surface area is 243 Å². The van der Waals surface area contributed by atoms with Crippen LogP contribution in [0.1, 0.15) is 138 Å². The average molecular weight is 557 g/mol. The van der Waals surface area contributed by atoms with E-state index in [0.29, 0.717) is 37.4 Å². The second-order valence-corrected chi connectivity index (χ2v) is 15.5. The van der Waals surface area contributed by atoms with Gasteiger partial charge < -0.3 is 24.8 Å². The van der Waals surface area contributed by atoms with Crippen molar-refractivity contribution in [1.29, 1.82) is 0 Å². The molecule has 0 saturated heterocycles. The van der Waals surface area contributed by atoms with Crippen molar-refractivity contribution in [2.75, 3.05) is 6.61 Å². The third-order valence-corrected chi connectivity index (χ3v) is 7.33. The van der Waals surface area contributed by atoms with Gasteiger partial charge in [0.25, 0.3) is 0 Å². The van der Waals surface area contributed by atoms with E-state index in [9.17, 15) is 15.3 Å². The van der Waals surface area contributed by atoms with E-state index < -0.39 is 5.79 Å². The summed E-state index contributed by atoms with van der Waals surface area (Å²) in [6.07, 6.45) is 2.22. The number of ether oxygens (including phenoxy) is 2. The average Bonchev–Trinajstić information content (AvgIpc) is 2.75. The molecule has 0 spiro atoms. The van der Waals surface area contributed by atoms with Crippen LogP contribution in [0.3, 0.4) is 0 Å². The fourth-order valence-electron chi connectivity index (χ4n) is 5.02. The van der Waals surface area contributed by atoms with Gasteiger partial charge in [0, 0.05) is 35.1 Å². The smallest absolute Gasteiger partial charge is 0.208 e. The molecule has 1 unspecified atom stereocenters. The van der Waals surface area contributed by atoms with Crippen molar-refractivity contribution in [1.82, 2.24) is 0 Å². The van der Waals surface area contributed by atoms with Crippen LogP contribution in [0.4, 0.5) is 0 Å². The molecule has 0 radical (unpaired) electrons. The Morgan fingerprint density at radius 1 is 0.575 bits per heavy atom. The first-order valence-electron chi connectivity index (χ1n) is 14.8. The molecular formula is C35H56O5. The number of phenolic OH excluding ortho intramolecular Hbond substituents is 2. The molecule has 2 aromatic carbocycles. The van der Waals surface area contributed by atoms with Crippen molar-refractivity contribution in [3.8, 4) is 23.0 Å². The molecular weight excluding hydrogens is 500 g/mol. The molecule has 2 rings (SSSR count). The quantitative estimate of drug-likeness (QED) is 0.212. The monoisotopic (exact) mass is 556 g/mol. The maximum Gasteiger partial charge on any atom is 0.208 e. The summed E-state index contributed by atoms with van der Waals surface area (Å²) in [5, 5.41) is 33.7. The van der Waals surface area contributed by atoms with E-state index in [-0.39, 0.29) is 27.4 Å². The number of aliphatic hydroxyl groups is 1. The zero-order valence-corrected chi connectivity index (χ0v) is 27.5. The summed E-state index contributed by atoms with van der Waals surface area (Å²) in [5.41, 5.74) is 2.27. The molecule has 0 aliphatic heterocycles. The van der Waals surface area contributed by atoms with Gasteiger partial charge in [0.15, 0.2) is 0 Å². The van der Waals surface area contributed by atoms with Crippen molar-refractivity contribution in [2.45, 2.75) is 143 Å². The molecule has 0 heterocycles. The SMILES string of the molecule is CCCC(O)(CCCOc1cc(C(C)(C)C)c(O)c(C(C)(C)C)c1)Oc1cc(C(C)(C)C)c(O)c(C(C)(C)C)c1. The predicted octanol–water partition coefficient (Wildman–Crippen LogP) is 9.01. The Morgan fingerprint density at radius 3 is 1.25 bits per heavy atom. The fourth-order valence-corrected chi connectivity index (χ4v) is 5.02. The zero-order chi connectivity index (χ0) is 30.9. The first-order chi connectivity index (χ1) is 18.0. The van der Waals surface area contributed by atoms with Crippen molar-refractivity contribution in [3.63, 3.8) is 0 Å². The summed E-state index contributed by atoms with van der Waals surface area (Å²) in [5.74, 6) is 0.541. The lowest BCUT2D eigenvalue weighted by Crippen LogP contribution is -2.36. The Bertz CT molecular complexity index is 1080. The van der Waals surface area contributed by atoms with Gasteiger partial charge in [0.2, 0.25) is 5.79 Å². The van der Waals surface area contributed by atoms with Crippen molar-refractivity contribution in [3.05, 3.63) is 46.5 Å². The lowest BCUT2D eigenvalue weighted by Gasteiger charge is -2.32. The minimum atomic E-state index is -1.36. The molecule has 5 heteroatoms. The number of benzene rings is 2. The summed E-state index contributed by atoms with van der Waals surface area (Å²) in [4.78, 5) is 0. The Kier molecular flexibility index (Phi) is 10.0. The molecule has 0 saturated carbocycles. The first kappa shape index (κ1) is 33.8. The summed E-state index contributed by atoms with van der Waals surface area (Å²) in [6, 6.07) is 7.58. The minimum absolute atomic E-state index is 0.236. The minimum Gasteiger partial charge on any atom is -0.507 e. The van der Waals surface area contributed by atoms with Gasteiger partial charge in [-0.3, -0.25) is 0 Å².